The average molecular weight is 929 g/mol. The number of pyridine rings is 2. The number of phenols is 1. The van der Waals surface area contributed by atoms with Crippen LogP contribution in [0.3, 0.4) is 0 Å². The van der Waals surface area contributed by atoms with Crippen molar-refractivity contribution in [2.24, 2.45) is 17.3 Å². The summed E-state index contributed by atoms with van der Waals surface area (Å²) in [5.74, 6) is -0.0112. The summed E-state index contributed by atoms with van der Waals surface area (Å²) in [5, 5.41) is 17.8. The number of phenolic OH excluding ortho intramolecular Hbond substituents is 1. The lowest BCUT2D eigenvalue weighted by atomic mass is 9.94. The second kappa shape index (κ2) is 19.2. The number of fused-ring (bicyclic) bond motifs is 2. The lowest BCUT2D eigenvalue weighted by Gasteiger charge is -2.40. The fourth-order valence-electron chi connectivity index (χ4n) is 10.9. The van der Waals surface area contributed by atoms with Gasteiger partial charge in [-0.2, -0.15) is 9.97 Å². The van der Waals surface area contributed by atoms with Crippen LogP contribution in [0.4, 0.5) is 20.3 Å². The summed E-state index contributed by atoms with van der Waals surface area (Å²) in [7, 11) is 0. The molecular weight excluding hydrogens is 867 g/mol. The van der Waals surface area contributed by atoms with Gasteiger partial charge >= 0.3 is 6.01 Å². The number of likely N-dealkylation sites (tertiary alicyclic amines) is 1. The number of carbonyl (C=O) groups is 2. The van der Waals surface area contributed by atoms with Gasteiger partial charge in [-0.1, -0.05) is 26.5 Å². The number of benzene rings is 2. The molecule has 1 saturated carbocycles. The van der Waals surface area contributed by atoms with E-state index in [-0.39, 0.29) is 46.0 Å². The highest BCUT2D eigenvalue weighted by atomic mass is 19.1. The Morgan fingerprint density at radius 3 is 2.49 bits per heavy atom. The van der Waals surface area contributed by atoms with Gasteiger partial charge < -0.3 is 35.2 Å². The molecule has 10 rings (SSSR count). The number of carbonyl (C=O) groups excluding carboxylic acids is 2. The van der Waals surface area contributed by atoms with Crippen LogP contribution in [0, 0.1) is 28.9 Å². The molecule has 0 bridgehead atoms. The average Bonchev–Trinajstić information content (AvgIpc) is 4.11. The smallest absolute Gasteiger partial charge is 0.319 e. The number of nitrogens with one attached hydrogen (secondary N) is 2. The summed E-state index contributed by atoms with van der Waals surface area (Å²) in [6.07, 6.45) is 11.4. The topological polar surface area (TPSA) is 152 Å². The minimum Gasteiger partial charge on any atom is -0.508 e. The Labute approximate surface area is 396 Å². The van der Waals surface area contributed by atoms with Gasteiger partial charge in [0, 0.05) is 75.2 Å². The minimum atomic E-state index is -0.656. The van der Waals surface area contributed by atoms with Gasteiger partial charge in [-0.25, -0.2) is 13.8 Å². The molecule has 14 nitrogen and oxygen atoms in total. The van der Waals surface area contributed by atoms with E-state index in [2.05, 4.69) is 53.7 Å². The first kappa shape index (κ1) is 45.8. The summed E-state index contributed by atoms with van der Waals surface area (Å²) in [6.45, 7) is 17.7. The summed E-state index contributed by atoms with van der Waals surface area (Å²) in [4.78, 5) is 53.4. The molecule has 0 radical (unpaired) electrons. The Bertz CT molecular complexity index is 2720. The molecule has 2 atom stereocenters. The van der Waals surface area contributed by atoms with Gasteiger partial charge in [0.05, 0.1) is 23.9 Å². The molecule has 5 aliphatic rings. The van der Waals surface area contributed by atoms with Gasteiger partial charge in [-0.05, 0) is 129 Å². The van der Waals surface area contributed by atoms with E-state index >= 15 is 8.78 Å². The van der Waals surface area contributed by atoms with E-state index in [1.807, 2.05) is 13.0 Å². The van der Waals surface area contributed by atoms with Gasteiger partial charge in [0.2, 0.25) is 5.91 Å². The second-order valence-corrected chi connectivity index (χ2v) is 20.0. The summed E-state index contributed by atoms with van der Waals surface area (Å²) >= 11 is 0. The Hall–Kier alpha value is -6.00. The number of halogens is 2. The number of allylic oxidation sites excluding steroid dienone is 1. The molecule has 4 saturated heterocycles. The van der Waals surface area contributed by atoms with Crippen LogP contribution >= 0.6 is 0 Å². The molecule has 5 aromatic rings. The number of hydrogen-bond acceptors (Lipinski definition) is 12. The Morgan fingerprint density at radius 2 is 1.76 bits per heavy atom. The van der Waals surface area contributed by atoms with Gasteiger partial charge in [-0.3, -0.25) is 19.5 Å². The molecular formula is C52H62F2N10O4. The predicted molar refractivity (Wildman–Crippen MR) is 259 cm³/mol. The number of nitrogens with zero attached hydrogens (tertiary/aromatic N) is 8. The van der Waals surface area contributed by atoms with E-state index in [1.54, 1.807) is 30.6 Å². The lowest BCUT2D eigenvalue weighted by Crippen LogP contribution is -2.49. The molecule has 0 spiro atoms. The first-order valence-corrected chi connectivity index (χ1v) is 24.6. The first-order valence-electron chi connectivity index (χ1n) is 24.6. The first-order chi connectivity index (χ1) is 32.9. The van der Waals surface area contributed by atoms with Crippen LogP contribution in [0.2, 0.25) is 0 Å². The number of aromatic hydroxyl groups is 1. The maximum atomic E-state index is 17.1. The molecule has 358 valence electrons. The van der Waals surface area contributed by atoms with Gasteiger partial charge in [0.1, 0.15) is 40.3 Å². The van der Waals surface area contributed by atoms with Gasteiger partial charge in [-0.15, -0.1) is 0 Å². The molecule has 68 heavy (non-hydrogen) atoms. The highest BCUT2D eigenvalue weighted by molar-refractivity contribution is 6.02. The zero-order chi connectivity index (χ0) is 47.1. The summed E-state index contributed by atoms with van der Waals surface area (Å²) in [6, 6.07) is 9.23. The number of piperazine rings is 1. The third-order valence-corrected chi connectivity index (χ3v) is 15.0. The number of piperidine rings is 3. The van der Waals surface area contributed by atoms with Crippen molar-refractivity contribution in [1.82, 2.24) is 40.4 Å². The molecule has 2 aromatic carbocycles. The van der Waals surface area contributed by atoms with Gasteiger partial charge in [0.15, 0.2) is 5.82 Å². The number of amides is 2. The summed E-state index contributed by atoms with van der Waals surface area (Å²) < 4.78 is 38.7. The lowest BCUT2D eigenvalue weighted by molar-refractivity contribution is -0.123. The van der Waals surface area contributed by atoms with Crippen LogP contribution < -0.4 is 25.2 Å². The van der Waals surface area contributed by atoms with E-state index in [0.717, 1.165) is 110 Å². The van der Waals surface area contributed by atoms with E-state index in [4.69, 9.17) is 14.7 Å². The third-order valence-electron chi connectivity index (χ3n) is 15.0. The van der Waals surface area contributed by atoms with E-state index < -0.39 is 11.9 Å². The molecule has 1 aliphatic carbocycles. The van der Waals surface area contributed by atoms with Crippen molar-refractivity contribution < 1.29 is 28.2 Å². The fourth-order valence-corrected chi connectivity index (χ4v) is 10.9. The zero-order valence-corrected chi connectivity index (χ0v) is 39.2. The van der Waals surface area contributed by atoms with Crippen LogP contribution in [0.1, 0.15) is 81.3 Å². The van der Waals surface area contributed by atoms with Crippen molar-refractivity contribution in [2.75, 3.05) is 81.9 Å². The number of aromatic nitrogens is 4. The van der Waals surface area contributed by atoms with Crippen molar-refractivity contribution in [1.29, 1.82) is 0 Å². The molecule has 7 heterocycles. The van der Waals surface area contributed by atoms with Crippen LogP contribution in [0.15, 0.2) is 61.1 Å². The van der Waals surface area contributed by atoms with Crippen LogP contribution in [0.25, 0.3) is 32.9 Å². The number of hydrogen-bond donors (Lipinski definition) is 3. The van der Waals surface area contributed by atoms with Crippen LogP contribution in [-0.4, -0.2) is 125 Å². The second-order valence-electron chi connectivity index (χ2n) is 20.0. The molecule has 2 amide bonds. The van der Waals surface area contributed by atoms with Gasteiger partial charge in [0.25, 0.3) is 5.91 Å². The highest BCUT2D eigenvalue weighted by Gasteiger charge is 2.45. The molecule has 5 fully saturated rings. The minimum absolute atomic E-state index is 0.00482. The molecule has 3 N–H and O–H groups in total. The number of ether oxygens (including phenoxy) is 1. The molecule has 16 heteroatoms. The Kier molecular flexibility index (Phi) is 12.9. The number of rotatable bonds is 13. The van der Waals surface area contributed by atoms with E-state index in [9.17, 15) is 14.7 Å². The normalized spacial score (nSPS) is 21.6. The fraction of sp³-hybridized carbons (Fsp3) is 0.500. The maximum absolute atomic E-state index is 17.1. The van der Waals surface area contributed by atoms with Crippen molar-refractivity contribution in [3.8, 4) is 23.0 Å². The maximum Gasteiger partial charge on any atom is 0.319 e. The van der Waals surface area contributed by atoms with E-state index in [0.29, 0.717) is 82.2 Å². The molecule has 3 aromatic heterocycles. The zero-order valence-electron chi connectivity index (χ0n) is 39.2. The van der Waals surface area contributed by atoms with Crippen LogP contribution in [0.5, 0.6) is 11.8 Å². The van der Waals surface area contributed by atoms with Crippen molar-refractivity contribution >= 4 is 45.0 Å². The Balaban J connectivity index is 0.752. The summed E-state index contributed by atoms with van der Waals surface area (Å²) in [5.41, 5.74) is 2.79. The van der Waals surface area contributed by atoms with E-state index in [1.165, 1.54) is 12.1 Å². The molecule has 4 aliphatic heterocycles. The largest absolute Gasteiger partial charge is 0.508 e. The number of aryl methyl sites for hydroxylation is 1. The third kappa shape index (κ3) is 9.67. The van der Waals surface area contributed by atoms with Crippen LogP contribution in [-0.2, 0) is 11.2 Å². The quantitative estimate of drug-likeness (QED) is 0.109. The highest BCUT2D eigenvalue weighted by Crippen LogP contribution is 2.47. The Morgan fingerprint density at radius 1 is 0.956 bits per heavy atom. The standard InChI is InChI=1S/C52H62F2N10O4/c1-4-38-41(53)10-8-35-24-37(65)25-39(44(35)38)46-45(54)47-40(27-56-46)48(64-17-5-6-32(2)28-64)60-51(59-47)68-31-52(15-16-52)30-62-18-13-34(14-19-62)29-61-20-22-63(23-21-61)36-9-12-42(55-26-36)49(66)58-43-11-7-33(3)57-50(43)67/h8-10,12,24-27,32,34,43,65H,3-7,11,13-23,28-31H2,1-2H3,(H,57,67)(H,58,66)/t32-,43?/m0/s1. The monoisotopic (exact) mass is 928 g/mol. The number of anilines is 2. The van der Waals surface area contributed by atoms with Crippen molar-refractivity contribution in [3.63, 3.8) is 0 Å². The van der Waals surface area contributed by atoms with Crippen molar-refractivity contribution in [2.45, 2.75) is 77.7 Å². The SMILES string of the molecule is C=C1CCC(NC(=O)c2ccc(N3CCN(CC4CCN(CC5(COc6nc(N7CCC[C@H](C)C7)c7cnc(-c8cc(O)cc9ccc(F)c(CC)c89)c(F)c7n6)CC5)CC4)CC3)cn2)C(=O)N1. The molecule has 1 unspecified atom stereocenters. The van der Waals surface area contributed by atoms with Crippen molar-refractivity contribution in [3.05, 3.63) is 84.0 Å². The predicted octanol–water partition coefficient (Wildman–Crippen LogP) is 7.24.